The molecule has 0 unspecified atom stereocenters. The predicted molar refractivity (Wildman–Crippen MR) is 161 cm³/mol. The number of benzene rings is 3. The molecule has 0 aliphatic heterocycles. The Bertz CT molecular complexity index is 1570. The van der Waals surface area contributed by atoms with Crippen molar-refractivity contribution in [3.8, 4) is 11.5 Å². The smallest absolute Gasteiger partial charge is 0.282 e. The standard InChI is InChI=1S/C30H28BrCl2N3O3/c1-2-38-25-16-21(26(31)27(33)28(25)39-18-19-12-14-22(32)15-13-19)17-34-36-29(20-8-4-3-5-9-20)35-24-11-7-6-10-23(24)30(36)37/h6-7,10-17,20H,2-5,8-9,18H2,1H3. The maximum absolute atomic E-state index is 13.5. The fraction of sp³-hybridized carbons (Fsp3) is 0.300. The van der Waals surface area contributed by atoms with Gasteiger partial charge in [0, 0.05) is 21.0 Å². The molecule has 1 aliphatic carbocycles. The van der Waals surface area contributed by atoms with Gasteiger partial charge in [0.2, 0.25) is 0 Å². The highest BCUT2D eigenvalue weighted by Crippen LogP contribution is 2.43. The van der Waals surface area contributed by atoms with Gasteiger partial charge in [0.1, 0.15) is 17.5 Å². The molecule has 0 spiro atoms. The van der Waals surface area contributed by atoms with Crippen LogP contribution in [0, 0.1) is 0 Å². The fourth-order valence-corrected chi connectivity index (χ4v) is 5.61. The third-order valence-electron chi connectivity index (χ3n) is 6.81. The second-order valence-corrected chi connectivity index (χ2v) is 11.1. The molecule has 39 heavy (non-hydrogen) atoms. The van der Waals surface area contributed by atoms with Crippen LogP contribution >= 0.6 is 39.1 Å². The number of hydrogen-bond donors (Lipinski definition) is 0. The fourth-order valence-electron chi connectivity index (χ4n) is 4.83. The molecule has 3 aromatic carbocycles. The van der Waals surface area contributed by atoms with Crippen LogP contribution < -0.4 is 15.0 Å². The van der Waals surface area contributed by atoms with Crippen LogP contribution in [0.5, 0.6) is 11.5 Å². The van der Waals surface area contributed by atoms with Gasteiger partial charge >= 0.3 is 0 Å². The molecule has 1 heterocycles. The van der Waals surface area contributed by atoms with Crippen molar-refractivity contribution < 1.29 is 9.47 Å². The van der Waals surface area contributed by atoms with E-state index in [1.807, 2.05) is 49.4 Å². The summed E-state index contributed by atoms with van der Waals surface area (Å²) in [7, 11) is 0. The van der Waals surface area contributed by atoms with E-state index < -0.39 is 0 Å². The minimum absolute atomic E-state index is 0.183. The Morgan fingerprint density at radius 3 is 2.56 bits per heavy atom. The van der Waals surface area contributed by atoms with Gasteiger partial charge in [-0.3, -0.25) is 4.79 Å². The quantitative estimate of drug-likeness (QED) is 0.184. The summed E-state index contributed by atoms with van der Waals surface area (Å²) in [6.45, 7) is 2.61. The molecule has 5 rings (SSSR count). The molecule has 1 fully saturated rings. The number of halogens is 3. The number of para-hydroxylation sites is 1. The van der Waals surface area contributed by atoms with Crippen LogP contribution in [0.1, 0.15) is 61.9 Å². The zero-order chi connectivity index (χ0) is 27.4. The van der Waals surface area contributed by atoms with Crippen molar-refractivity contribution in [2.24, 2.45) is 5.10 Å². The van der Waals surface area contributed by atoms with Crippen molar-refractivity contribution in [1.82, 2.24) is 9.66 Å². The second kappa shape index (κ2) is 12.5. The predicted octanol–water partition coefficient (Wildman–Crippen LogP) is 8.37. The largest absolute Gasteiger partial charge is 0.490 e. The van der Waals surface area contributed by atoms with E-state index in [0.29, 0.717) is 61.5 Å². The van der Waals surface area contributed by atoms with Crippen LogP contribution in [0.3, 0.4) is 0 Å². The number of ether oxygens (including phenoxy) is 2. The molecule has 1 saturated carbocycles. The summed E-state index contributed by atoms with van der Waals surface area (Å²) in [6.07, 6.45) is 7.04. The first-order valence-corrected chi connectivity index (χ1v) is 14.6. The summed E-state index contributed by atoms with van der Waals surface area (Å²) >= 11 is 16.4. The van der Waals surface area contributed by atoms with Crippen molar-refractivity contribution in [3.63, 3.8) is 0 Å². The molecule has 0 saturated heterocycles. The van der Waals surface area contributed by atoms with Crippen LogP contribution in [0.4, 0.5) is 0 Å². The van der Waals surface area contributed by atoms with E-state index in [4.69, 9.17) is 37.7 Å². The molecule has 0 bridgehead atoms. The minimum Gasteiger partial charge on any atom is -0.490 e. The topological polar surface area (TPSA) is 65.7 Å². The highest BCUT2D eigenvalue weighted by atomic mass is 79.9. The van der Waals surface area contributed by atoms with Crippen molar-refractivity contribution >= 4 is 56.2 Å². The highest BCUT2D eigenvalue weighted by Gasteiger charge is 2.23. The van der Waals surface area contributed by atoms with E-state index in [1.165, 1.54) is 11.1 Å². The number of nitrogens with zero attached hydrogens (tertiary/aromatic N) is 3. The lowest BCUT2D eigenvalue weighted by Gasteiger charge is -2.22. The Morgan fingerprint density at radius 1 is 1.08 bits per heavy atom. The van der Waals surface area contributed by atoms with E-state index in [1.54, 1.807) is 18.3 Å². The molecule has 202 valence electrons. The molecule has 9 heteroatoms. The van der Waals surface area contributed by atoms with E-state index in [-0.39, 0.29) is 11.5 Å². The molecule has 0 radical (unpaired) electrons. The van der Waals surface area contributed by atoms with Gasteiger partial charge in [0.05, 0.1) is 23.7 Å². The summed E-state index contributed by atoms with van der Waals surface area (Å²) in [4.78, 5) is 18.4. The lowest BCUT2D eigenvalue weighted by molar-refractivity contribution is 0.269. The maximum atomic E-state index is 13.5. The third kappa shape index (κ3) is 6.16. The Kier molecular flexibility index (Phi) is 8.90. The zero-order valence-corrected chi connectivity index (χ0v) is 24.6. The molecular weight excluding hydrogens is 601 g/mol. The number of fused-ring (bicyclic) bond motifs is 1. The van der Waals surface area contributed by atoms with Crippen molar-refractivity contribution in [1.29, 1.82) is 0 Å². The molecule has 0 amide bonds. The van der Waals surface area contributed by atoms with Gasteiger partial charge in [-0.1, -0.05) is 66.7 Å². The Labute approximate surface area is 245 Å². The van der Waals surface area contributed by atoms with Gasteiger partial charge in [-0.25, -0.2) is 4.98 Å². The molecule has 0 N–H and O–H groups in total. The Balaban J connectivity index is 1.53. The lowest BCUT2D eigenvalue weighted by Crippen LogP contribution is -2.25. The molecule has 0 atom stereocenters. The van der Waals surface area contributed by atoms with Crippen LogP contribution in [0.2, 0.25) is 10.0 Å². The average Bonchev–Trinajstić information content (AvgIpc) is 2.96. The van der Waals surface area contributed by atoms with Crippen LogP contribution in [0.15, 0.2) is 69.0 Å². The van der Waals surface area contributed by atoms with E-state index >= 15 is 0 Å². The summed E-state index contributed by atoms with van der Waals surface area (Å²) in [5, 5.41) is 6.20. The normalized spacial score (nSPS) is 14.3. The van der Waals surface area contributed by atoms with Gasteiger partial charge in [0.25, 0.3) is 5.56 Å². The van der Waals surface area contributed by atoms with Gasteiger partial charge in [0.15, 0.2) is 11.5 Å². The summed E-state index contributed by atoms with van der Waals surface area (Å²) in [6, 6.07) is 16.6. The molecule has 1 aliphatic rings. The Morgan fingerprint density at radius 2 is 1.82 bits per heavy atom. The second-order valence-electron chi connectivity index (χ2n) is 9.45. The monoisotopic (exact) mass is 627 g/mol. The van der Waals surface area contributed by atoms with Gasteiger partial charge in [-0.2, -0.15) is 9.78 Å². The van der Waals surface area contributed by atoms with Gasteiger partial charge in [-0.15, -0.1) is 0 Å². The van der Waals surface area contributed by atoms with Crippen molar-refractivity contribution in [2.45, 2.75) is 51.6 Å². The van der Waals surface area contributed by atoms with Gasteiger partial charge in [-0.05, 0) is 71.6 Å². The first kappa shape index (κ1) is 27.7. The maximum Gasteiger partial charge on any atom is 0.282 e. The number of aromatic nitrogens is 2. The number of hydrogen-bond acceptors (Lipinski definition) is 5. The first-order chi connectivity index (χ1) is 19.0. The lowest BCUT2D eigenvalue weighted by atomic mass is 9.88. The molecular formula is C30H28BrCl2N3O3. The van der Waals surface area contributed by atoms with Crippen LogP contribution in [0.25, 0.3) is 10.9 Å². The van der Waals surface area contributed by atoms with E-state index in [0.717, 1.165) is 31.2 Å². The molecule has 6 nitrogen and oxygen atoms in total. The van der Waals surface area contributed by atoms with E-state index in [9.17, 15) is 4.79 Å². The summed E-state index contributed by atoms with van der Waals surface area (Å²) < 4.78 is 14.0. The summed E-state index contributed by atoms with van der Waals surface area (Å²) in [5.41, 5.74) is 2.10. The van der Waals surface area contributed by atoms with Crippen LogP contribution in [-0.4, -0.2) is 22.5 Å². The third-order valence-corrected chi connectivity index (χ3v) is 8.51. The van der Waals surface area contributed by atoms with Gasteiger partial charge < -0.3 is 9.47 Å². The Hall–Kier alpha value is -2.87. The summed E-state index contributed by atoms with van der Waals surface area (Å²) in [5.74, 6) is 1.79. The van der Waals surface area contributed by atoms with Crippen molar-refractivity contribution in [2.75, 3.05) is 6.61 Å². The average molecular weight is 629 g/mol. The molecule has 1 aromatic heterocycles. The SMILES string of the molecule is CCOc1cc(C=Nn2c(C3CCCCC3)nc3ccccc3c2=O)c(Br)c(Cl)c1OCc1ccc(Cl)cc1. The molecule has 4 aromatic rings. The first-order valence-electron chi connectivity index (χ1n) is 13.0. The van der Waals surface area contributed by atoms with Crippen molar-refractivity contribution in [3.05, 3.63) is 96.4 Å². The minimum atomic E-state index is -0.187. The van der Waals surface area contributed by atoms with E-state index in [2.05, 4.69) is 21.0 Å². The zero-order valence-electron chi connectivity index (χ0n) is 21.5. The van der Waals surface area contributed by atoms with Crippen LogP contribution in [-0.2, 0) is 6.61 Å². The number of rotatable bonds is 8. The highest BCUT2D eigenvalue weighted by molar-refractivity contribution is 9.10.